The molecule has 6 nitrogen and oxygen atoms in total. The van der Waals surface area contributed by atoms with Crippen LogP contribution in [0.2, 0.25) is 0 Å². The fourth-order valence-electron chi connectivity index (χ4n) is 2.71. The molecule has 0 unspecified atom stereocenters. The van der Waals surface area contributed by atoms with Crippen molar-refractivity contribution in [2.75, 3.05) is 6.54 Å². The van der Waals surface area contributed by atoms with Gasteiger partial charge in [0.25, 0.3) is 0 Å². The lowest BCUT2D eigenvalue weighted by atomic mass is 10.1. The van der Waals surface area contributed by atoms with Crippen LogP contribution in [0, 0.1) is 13.8 Å². The molecule has 0 spiro atoms. The topological polar surface area (TPSA) is 73.0 Å². The quantitative estimate of drug-likeness (QED) is 0.783. The van der Waals surface area contributed by atoms with Gasteiger partial charge in [-0.2, -0.15) is 0 Å². The van der Waals surface area contributed by atoms with E-state index in [9.17, 15) is 4.79 Å². The summed E-state index contributed by atoms with van der Waals surface area (Å²) in [4.78, 5) is 16.7. The number of para-hydroxylation sites is 2. The van der Waals surface area contributed by atoms with Gasteiger partial charge in [0.15, 0.2) is 0 Å². The highest BCUT2D eigenvalue weighted by Crippen LogP contribution is 2.14. The lowest BCUT2D eigenvalue weighted by Crippen LogP contribution is -2.28. The molecule has 0 fully saturated rings. The number of carbonyl (C=O) groups excluding carboxylic acids is 1. The Labute approximate surface area is 134 Å². The van der Waals surface area contributed by atoms with Crippen LogP contribution in [0.25, 0.3) is 11.0 Å². The Morgan fingerprint density at radius 2 is 2.09 bits per heavy atom. The van der Waals surface area contributed by atoms with E-state index in [1.807, 2.05) is 45.2 Å². The lowest BCUT2D eigenvalue weighted by molar-refractivity contribution is -0.120. The zero-order valence-corrected chi connectivity index (χ0v) is 13.6. The molecule has 120 valence electrons. The molecular weight excluding hydrogens is 292 g/mol. The smallest absolute Gasteiger partial charge is 0.224 e. The highest BCUT2D eigenvalue weighted by molar-refractivity contribution is 5.79. The predicted molar refractivity (Wildman–Crippen MR) is 87.1 cm³/mol. The van der Waals surface area contributed by atoms with Gasteiger partial charge in [-0.15, -0.1) is 0 Å². The fraction of sp³-hybridized carbons (Fsp3) is 0.353. The second-order valence-corrected chi connectivity index (χ2v) is 5.66. The minimum atomic E-state index is -0.0295. The highest BCUT2D eigenvalue weighted by Gasteiger charge is 2.13. The van der Waals surface area contributed by atoms with Gasteiger partial charge >= 0.3 is 0 Å². The first-order chi connectivity index (χ1) is 11.1. The molecule has 0 atom stereocenters. The van der Waals surface area contributed by atoms with E-state index < -0.39 is 0 Å². The van der Waals surface area contributed by atoms with Crippen molar-refractivity contribution in [3.63, 3.8) is 0 Å². The third-order valence-corrected chi connectivity index (χ3v) is 4.07. The van der Waals surface area contributed by atoms with Crippen molar-refractivity contribution in [2.24, 2.45) is 7.05 Å². The molecule has 2 heterocycles. The van der Waals surface area contributed by atoms with Crippen LogP contribution in [-0.4, -0.2) is 27.2 Å². The van der Waals surface area contributed by atoms with Crippen molar-refractivity contribution < 1.29 is 9.32 Å². The second-order valence-electron chi connectivity index (χ2n) is 5.66. The number of nitrogens with one attached hydrogen (secondary N) is 1. The summed E-state index contributed by atoms with van der Waals surface area (Å²) in [5, 5.41) is 6.80. The van der Waals surface area contributed by atoms with Gasteiger partial charge in [0.2, 0.25) is 5.91 Å². The number of aryl methyl sites for hydroxylation is 3. The van der Waals surface area contributed by atoms with Gasteiger partial charge in [-0.25, -0.2) is 4.98 Å². The molecule has 3 rings (SSSR count). The zero-order valence-electron chi connectivity index (χ0n) is 13.6. The maximum atomic E-state index is 12.1. The largest absolute Gasteiger partial charge is 0.361 e. The normalized spacial score (nSPS) is 11.1. The van der Waals surface area contributed by atoms with Crippen LogP contribution in [0.1, 0.15) is 22.8 Å². The summed E-state index contributed by atoms with van der Waals surface area (Å²) in [6.45, 7) is 4.22. The van der Waals surface area contributed by atoms with Crippen LogP contribution in [0.3, 0.4) is 0 Å². The van der Waals surface area contributed by atoms with Gasteiger partial charge in [-0.3, -0.25) is 4.79 Å². The van der Waals surface area contributed by atoms with Crippen LogP contribution in [0.4, 0.5) is 0 Å². The number of amides is 1. The van der Waals surface area contributed by atoms with Crippen molar-refractivity contribution in [3.05, 3.63) is 47.1 Å². The van der Waals surface area contributed by atoms with E-state index in [-0.39, 0.29) is 5.91 Å². The molecule has 0 aliphatic rings. The first kappa shape index (κ1) is 15.3. The van der Waals surface area contributed by atoms with E-state index in [2.05, 4.69) is 20.0 Å². The van der Waals surface area contributed by atoms with E-state index in [1.54, 1.807) is 0 Å². The molecule has 0 bridgehead atoms. The maximum absolute atomic E-state index is 12.1. The number of hydrogen-bond donors (Lipinski definition) is 1. The number of benzene rings is 1. The summed E-state index contributed by atoms with van der Waals surface area (Å²) in [7, 11) is 2.00. The van der Waals surface area contributed by atoms with Crippen molar-refractivity contribution in [1.29, 1.82) is 0 Å². The Morgan fingerprint density at radius 1 is 1.30 bits per heavy atom. The Bertz CT molecular complexity index is 828. The summed E-state index contributed by atoms with van der Waals surface area (Å²) >= 11 is 0. The fourth-order valence-corrected chi connectivity index (χ4v) is 2.71. The lowest BCUT2D eigenvalue weighted by Gasteiger charge is -2.05. The van der Waals surface area contributed by atoms with Crippen molar-refractivity contribution in [1.82, 2.24) is 20.0 Å². The molecule has 0 aliphatic heterocycles. The van der Waals surface area contributed by atoms with Gasteiger partial charge in [0.05, 0.1) is 23.1 Å². The number of aromatic nitrogens is 3. The van der Waals surface area contributed by atoms with Crippen molar-refractivity contribution in [3.8, 4) is 0 Å². The molecule has 23 heavy (non-hydrogen) atoms. The van der Waals surface area contributed by atoms with Gasteiger partial charge in [0.1, 0.15) is 11.6 Å². The van der Waals surface area contributed by atoms with Crippen LogP contribution in [0.5, 0.6) is 0 Å². The predicted octanol–water partition coefficient (Wildman–Crippen LogP) is 2.08. The van der Waals surface area contributed by atoms with Crippen LogP contribution < -0.4 is 5.32 Å². The minimum absolute atomic E-state index is 0.0295. The molecule has 1 amide bonds. The zero-order chi connectivity index (χ0) is 16.4. The average molecular weight is 312 g/mol. The molecule has 1 aromatic carbocycles. The molecule has 2 aromatic heterocycles. The van der Waals surface area contributed by atoms with Crippen molar-refractivity contribution >= 4 is 16.9 Å². The number of nitrogens with zero attached hydrogens (tertiary/aromatic N) is 3. The van der Waals surface area contributed by atoms with Crippen molar-refractivity contribution in [2.45, 2.75) is 26.7 Å². The first-order valence-corrected chi connectivity index (χ1v) is 7.65. The monoisotopic (exact) mass is 312 g/mol. The first-order valence-electron chi connectivity index (χ1n) is 7.65. The summed E-state index contributed by atoms with van der Waals surface area (Å²) in [5.41, 5.74) is 3.72. The van der Waals surface area contributed by atoms with Crippen LogP contribution in [-0.2, 0) is 24.7 Å². The second kappa shape index (κ2) is 6.24. The van der Waals surface area contributed by atoms with E-state index in [1.165, 1.54) is 0 Å². The molecule has 0 saturated heterocycles. The third-order valence-electron chi connectivity index (χ3n) is 4.07. The van der Waals surface area contributed by atoms with E-state index in [0.717, 1.165) is 28.1 Å². The number of imidazole rings is 1. The molecule has 6 heteroatoms. The summed E-state index contributed by atoms with van der Waals surface area (Å²) in [6.07, 6.45) is 0.988. The van der Waals surface area contributed by atoms with Gasteiger partial charge in [-0.05, 0) is 26.0 Å². The standard InChI is InChI=1S/C17H20N4O2/c1-11-13(12(2)23-20-11)10-17(22)18-9-8-16-19-14-6-4-5-7-15(14)21(16)3/h4-7H,8-10H2,1-3H3,(H,18,22). The van der Waals surface area contributed by atoms with E-state index >= 15 is 0 Å². The molecule has 0 saturated carbocycles. The third kappa shape index (κ3) is 3.11. The molecule has 0 aliphatic carbocycles. The van der Waals surface area contributed by atoms with Gasteiger partial charge < -0.3 is 14.4 Å². The Balaban J connectivity index is 1.58. The number of rotatable bonds is 5. The van der Waals surface area contributed by atoms with Gasteiger partial charge in [0, 0.05) is 25.6 Å². The highest BCUT2D eigenvalue weighted by atomic mass is 16.5. The minimum Gasteiger partial charge on any atom is -0.361 e. The number of hydrogen-bond acceptors (Lipinski definition) is 4. The van der Waals surface area contributed by atoms with Crippen LogP contribution in [0.15, 0.2) is 28.8 Å². The Kier molecular flexibility index (Phi) is 4.14. The number of fused-ring (bicyclic) bond motifs is 1. The maximum Gasteiger partial charge on any atom is 0.224 e. The van der Waals surface area contributed by atoms with Gasteiger partial charge in [-0.1, -0.05) is 17.3 Å². The number of carbonyl (C=O) groups is 1. The summed E-state index contributed by atoms with van der Waals surface area (Å²) in [5.74, 6) is 1.63. The molecule has 0 radical (unpaired) electrons. The van der Waals surface area contributed by atoms with E-state index in [0.29, 0.717) is 25.1 Å². The summed E-state index contributed by atoms with van der Waals surface area (Å²) < 4.78 is 7.14. The van der Waals surface area contributed by atoms with E-state index in [4.69, 9.17) is 4.52 Å². The van der Waals surface area contributed by atoms with Crippen LogP contribution >= 0.6 is 0 Å². The average Bonchev–Trinajstić information content (AvgIpc) is 3.02. The molecule has 1 N–H and O–H groups in total. The SMILES string of the molecule is Cc1noc(C)c1CC(=O)NCCc1nc2ccccc2n1C. The summed E-state index contributed by atoms with van der Waals surface area (Å²) in [6, 6.07) is 8.01. The molecular formula is C17H20N4O2. The molecule has 3 aromatic rings. The Hall–Kier alpha value is -2.63. The Morgan fingerprint density at radius 3 is 2.78 bits per heavy atom.